The van der Waals surface area contributed by atoms with Gasteiger partial charge in [-0.2, -0.15) is 10.2 Å². The molecule has 0 bridgehead atoms. The lowest BCUT2D eigenvalue weighted by Gasteiger charge is -2.41. The molecule has 2 aromatic heterocycles. The largest absolute Gasteiger partial charge is 0.395 e. The van der Waals surface area contributed by atoms with Gasteiger partial charge in [0.2, 0.25) is 5.95 Å². The van der Waals surface area contributed by atoms with Crippen molar-refractivity contribution in [2.75, 3.05) is 54.2 Å². The van der Waals surface area contributed by atoms with Gasteiger partial charge < -0.3 is 20.2 Å². The van der Waals surface area contributed by atoms with Crippen LogP contribution in [0.5, 0.6) is 0 Å². The molecule has 33 heavy (non-hydrogen) atoms. The van der Waals surface area contributed by atoms with Crippen molar-refractivity contribution < 1.29 is 5.11 Å². The Morgan fingerprint density at radius 3 is 2.85 bits per heavy atom. The minimum absolute atomic E-state index is 0.00522. The first-order chi connectivity index (χ1) is 16.1. The van der Waals surface area contributed by atoms with Crippen molar-refractivity contribution in [2.24, 2.45) is 0 Å². The summed E-state index contributed by atoms with van der Waals surface area (Å²) in [6.45, 7) is 4.74. The van der Waals surface area contributed by atoms with E-state index in [1.165, 1.54) is 4.90 Å². The molecule has 4 rings (SSSR count). The van der Waals surface area contributed by atoms with E-state index < -0.39 is 0 Å². The van der Waals surface area contributed by atoms with Crippen molar-refractivity contribution in [3.63, 3.8) is 0 Å². The molecule has 3 aromatic rings. The van der Waals surface area contributed by atoms with Crippen LogP contribution in [0, 0.1) is 11.3 Å². The molecular formula is C24H27N7OS. The van der Waals surface area contributed by atoms with Gasteiger partial charge in [0.05, 0.1) is 17.9 Å². The zero-order valence-electron chi connectivity index (χ0n) is 18.8. The highest BCUT2D eigenvalue weighted by Crippen LogP contribution is 2.29. The molecule has 2 N–H and O–H groups in total. The summed E-state index contributed by atoms with van der Waals surface area (Å²) < 4.78 is 0. The molecule has 0 amide bonds. The predicted molar refractivity (Wildman–Crippen MR) is 133 cm³/mol. The Kier molecular flexibility index (Phi) is 7.27. The number of nitrogens with zero attached hydrogens (tertiary/aromatic N) is 6. The summed E-state index contributed by atoms with van der Waals surface area (Å²) in [5.41, 5.74) is 2.45. The van der Waals surface area contributed by atoms with Crippen LogP contribution in [0.15, 0.2) is 53.6 Å². The smallest absolute Gasteiger partial charge is 0.225 e. The number of aromatic nitrogens is 3. The molecule has 0 spiro atoms. The highest BCUT2D eigenvalue weighted by Gasteiger charge is 2.27. The maximum Gasteiger partial charge on any atom is 0.225 e. The molecule has 0 saturated carbocycles. The molecule has 1 fully saturated rings. The Bertz CT molecular complexity index is 1150. The standard InChI is InChI=1S/C24H27N7OS/c1-17-16-30(23-19(15-25)6-4-8-26-23)10-11-31(17)22-14-21(28-24(29-22)27-9-12-32)18-5-3-7-20(13-18)33-2/h3-8,13-14,17,32H,9-12,16H2,1-2H3,(H,27,28,29)/t17-/m1/s1. The fourth-order valence-electron chi connectivity index (χ4n) is 3.99. The Labute approximate surface area is 198 Å². The lowest BCUT2D eigenvalue weighted by Crippen LogP contribution is -2.53. The number of thioether (sulfide) groups is 1. The van der Waals surface area contributed by atoms with Gasteiger partial charge in [0.15, 0.2) is 0 Å². The van der Waals surface area contributed by atoms with Gasteiger partial charge in [-0.15, -0.1) is 11.8 Å². The number of nitriles is 1. The van der Waals surface area contributed by atoms with Gasteiger partial charge in [-0.05, 0) is 37.4 Å². The average molecular weight is 462 g/mol. The predicted octanol–water partition coefficient (Wildman–Crippen LogP) is 3.25. The summed E-state index contributed by atoms with van der Waals surface area (Å²) in [6, 6.07) is 16.3. The molecule has 0 unspecified atom stereocenters. The number of rotatable bonds is 7. The molecule has 170 valence electrons. The van der Waals surface area contributed by atoms with E-state index >= 15 is 0 Å². The van der Waals surface area contributed by atoms with Crippen molar-refractivity contribution in [3.8, 4) is 17.3 Å². The molecule has 0 aliphatic carbocycles. The Morgan fingerprint density at radius 1 is 1.21 bits per heavy atom. The van der Waals surface area contributed by atoms with Crippen molar-refractivity contribution >= 4 is 29.3 Å². The molecule has 8 nitrogen and oxygen atoms in total. The summed E-state index contributed by atoms with van der Waals surface area (Å²) >= 11 is 1.69. The molecule has 0 radical (unpaired) electrons. The second kappa shape index (κ2) is 10.5. The lowest BCUT2D eigenvalue weighted by molar-refractivity contribution is 0.311. The molecular weight excluding hydrogens is 434 g/mol. The van der Waals surface area contributed by atoms with Crippen molar-refractivity contribution in [3.05, 3.63) is 54.2 Å². The average Bonchev–Trinajstić information content (AvgIpc) is 2.87. The summed E-state index contributed by atoms with van der Waals surface area (Å²) in [6.07, 6.45) is 3.78. The highest BCUT2D eigenvalue weighted by atomic mass is 32.2. The number of piperazine rings is 1. The Hall–Kier alpha value is -3.35. The van der Waals surface area contributed by atoms with Crippen LogP contribution in [-0.2, 0) is 0 Å². The number of aliphatic hydroxyl groups is 1. The normalized spacial score (nSPS) is 15.9. The topological polar surface area (TPSA) is 101 Å². The van der Waals surface area contributed by atoms with Crippen LogP contribution < -0.4 is 15.1 Å². The number of nitrogens with one attached hydrogen (secondary N) is 1. The SMILES string of the molecule is CSc1cccc(-c2cc(N3CCN(c4ncccc4C#N)C[C@H]3C)nc(NCCO)n2)c1. The first kappa shape index (κ1) is 22.8. The van der Waals surface area contributed by atoms with Crippen LogP contribution >= 0.6 is 11.8 Å². The third-order valence-corrected chi connectivity index (χ3v) is 6.33. The van der Waals surface area contributed by atoms with Crippen LogP contribution in [0.3, 0.4) is 0 Å². The molecule has 1 atom stereocenters. The summed E-state index contributed by atoms with van der Waals surface area (Å²) in [7, 11) is 0. The minimum atomic E-state index is 0.00522. The second-order valence-corrected chi connectivity index (χ2v) is 8.67. The molecule has 1 aliphatic rings. The first-order valence-corrected chi connectivity index (χ1v) is 12.1. The van der Waals surface area contributed by atoms with E-state index in [-0.39, 0.29) is 12.6 Å². The fraction of sp³-hybridized carbons (Fsp3) is 0.333. The maximum atomic E-state index is 9.45. The first-order valence-electron chi connectivity index (χ1n) is 10.9. The monoisotopic (exact) mass is 461 g/mol. The molecule has 3 heterocycles. The third-order valence-electron chi connectivity index (χ3n) is 5.60. The number of pyridine rings is 1. The van der Waals surface area contributed by atoms with Crippen molar-refractivity contribution in [1.82, 2.24) is 15.0 Å². The number of anilines is 3. The van der Waals surface area contributed by atoms with E-state index in [4.69, 9.17) is 9.97 Å². The van der Waals surface area contributed by atoms with Gasteiger partial charge in [0, 0.05) is 54.9 Å². The van der Waals surface area contributed by atoms with E-state index in [0.29, 0.717) is 18.1 Å². The van der Waals surface area contributed by atoms with E-state index in [1.807, 2.05) is 18.2 Å². The van der Waals surface area contributed by atoms with Crippen LogP contribution in [0.1, 0.15) is 12.5 Å². The van der Waals surface area contributed by atoms with Gasteiger partial charge in [-0.1, -0.05) is 12.1 Å². The summed E-state index contributed by atoms with van der Waals surface area (Å²) in [5.74, 6) is 2.06. The molecule has 1 aliphatic heterocycles. The number of benzene rings is 1. The quantitative estimate of drug-likeness (QED) is 0.513. The second-order valence-electron chi connectivity index (χ2n) is 7.79. The number of aliphatic hydroxyl groups excluding tert-OH is 1. The minimum Gasteiger partial charge on any atom is -0.395 e. The van der Waals surface area contributed by atoms with E-state index in [0.717, 1.165) is 42.5 Å². The van der Waals surface area contributed by atoms with Gasteiger partial charge in [0.1, 0.15) is 17.7 Å². The number of hydrogen-bond acceptors (Lipinski definition) is 9. The number of hydrogen-bond donors (Lipinski definition) is 2. The maximum absolute atomic E-state index is 9.45. The van der Waals surface area contributed by atoms with Crippen molar-refractivity contribution in [1.29, 1.82) is 5.26 Å². The van der Waals surface area contributed by atoms with Gasteiger partial charge in [0.25, 0.3) is 0 Å². The Morgan fingerprint density at radius 2 is 2.09 bits per heavy atom. The van der Waals surface area contributed by atoms with Crippen LogP contribution in [0.25, 0.3) is 11.3 Å². The van der Waals surface area contributed by atoms with Crippen LogP contribution in [0.4, 0.5) is 17.6 Å². The zero-order valence-corrected chi connectivity index (χ0v) is 19.6. The Balaban J connectivity index is 1.63. The summed E-state index contributed by atoms with van der Waals surface area (Å²) in [4.78, 5) is 19.5. The third kappa shape index (κ3) is 5.18. The lowest BCUT2D eigenvalue weighted by atomic mass is 10.1. The fourth-order valence-corrected chi connectivity index (χ4v) is 4.44. The van der Waals surface area contributed by atoms with E-state index in [9.17, 15) is 10.4 Å². The van der Waals surface area contributed by atoms with Gasteiger partial charge in [-0.25, -0.2) is 9.97 Å². The van der Waals surface area contributed by atoms with Crippen LogP contribution in [-0.4, -0.2) is 65.1 Å². The molecule has 1 saturated heterocycles. The van der Waals surface area contributed by atoms with Crippen molar-refractivity contribution in [2.45, 2.75) is 17.9 Å². The molecule has 1 aromatic carbocycles. The van der Waals surface area contributed by atoms with E-state index in [2.05, 4.69) is 51.5 Å². The zero-order chi connectivity index (χ0) is 23.2. The van der Waals surface area contributed by atoms with Gasteiger partial charge in [-0.3, -0.25) is 0 Å². The van der Waals surface area contributed by atoms with Crippen LogP contribution in [0.2, 0.25) is 0 Å². The highest BCUT2D eigenvalue weighted by molar-refractivity contribution is 7.98. The summed E-state index contributed by atoms with van der Waals surface area (Å²) in [5, 5.41) is 21.8. The van der Waals surface area contributed by atoms with Gasteiger partial charge >= 0.3 is 0 Å². The molecule has 9 heteroatoms. The van der Waals surface area contributed by atoms with E-state index in [1.54, 1.807) is 30.1 Å².